The smallest absolute Gasteiger partial charge is 0.317 e. The van der Waals surface area contributed by atoms with Gasteiger partial charge in [0.2, 0.25) is 0 Å². The minimum absolute atomic E-state index is 0.0501. The number of nitrogens with one attached hydrogen (secondary N) is 1. The number of urea groups is 1. The van der Waals surface area contributed by atoms with Crippen LogP contribution < -0.4 is 5.32 Å². The Morgan fingerprint density at radius 2 is 2.05 bits per heavy atom. The highest BCUT2D eigenvalue weighted by molar-refractivity contribution is 7.09. The van der Waals surface area contributed by atoms with Gasteiger partial charge in [-0.2, -0.15) is 0 Å². The third-order valence-electron chi connectivity index (χ3n) is 4.51. The highest BCUT2D eigenvalue weighted by atomic mass is 32.1. The van der Waals surface area contributed by atoms with Gasteiger partial charge in [0, 0.05) is 24.2 Å². The van der Waals surface area contributed by atoms with Gasteiger partial charge in [-0.1, -0.05) is 0 Å². The fourth-order valence-electron chi connectivity index (χ4n) is 2.64. The van der Waals surface area contributed by atoms with Gasteiger partial charge in [0.1, 0.15) is 5.01 Å². The Morgan fingerprint density at radius 3 is 2.55 bits per heavy atom. The Hall–Kier alpha value is -1.10. The SMILES string of the molecule is Cc1csc(C(NC(=O)N(C)C(C)C2CC2)C2CC2)n1. The molecule has 1 aromatic rings. The van der Waals surface area contributed by atoms with Crippen molar-refractivity contribution in [1.29, 1.82) is 0 Å². The van der Waals surface area contributed by atoms with Crippen LogP contribution in [0.5, 0.6) is 0 Å². The second-order valence-corrected chi connectivity index (χ2v) is 7.17. The summed E-state index contributed by atoms with van der Waals surface area (Å²) in [4.78, 5) is 18.9. The van der Waals surface area contributed by atoms with Crippen molar-refractivity contribution >= 4 is 17.4 Å². The number of amides is 2. The molecule has 3 rings (SSSR count). The third kappa shape index (κ3) is 2.97. The van der Waals surface area contributed by atoms with Crippen LogP contribution in [0.25, 0.3) is 0 Å². The number of aromatic nitrogens is 1. The van der Waals surface area contributed by atoms with Crippen molar-refractivity contribution in [2.24, 2.45) is 11.8 Å². The number of nitrogens with zero attached hydrogens (tertiary/aromatic N) is 2. The molecule has 1 heterocycles. The molecular weight excluding hydrogens is 270 g/mol. The average Bonchev–Trinajstić information content (AvgIpc) is 3.32. The standard InChI is InChI=1S/C15H23N3OS/c1-9-8-20-14(16-9)13(12-6-7-12)17-15(19)18(3)10(2)11-4-5-11/h8,10-13H,4-7H2,1-3H3,(H,17,19). The van der Waals surface area contributed by atoms with E-state index in [2.05, 4.69) is 22.6 Å². The average molecular weight is 293 g/mol. The zero-order chi connectivity index (χ0) is 14.3. The van der Waals surface area contributed by atoms with E-state index in [0.717, 1.165) is 10.7 Å². The number of aryl methyl sites for hydroxylation is 1. The lowest BCUT2D eigenvalue weighted by atomic mass is 10.2. The lowest BCUT2D eigenvalue weighted by molar-refractivity contribution is 0.182. The maximum atomic E-state index is 12.4. The monoisotopic (exact) mass is 293 g/mol. The number of hydrogen-bond acceptors (Lipinski definition) is 3. The maximum absolute atomic E-state index is 12.4. The van der Waals surface area contributed by atoms with E-state index in [4.69, 9.17) is 0 Å². The highest BCUT2D eigenvalue weighted by Gasteiger charge is 2.37. The summed E-state index contributed by atoms with van der Waals surface area (Å²) in [5, 5.41) is 6.33. The van der Waals surface area contributed by atoms with Crippen LogP contribution in [-0.4, -0.2) is 29.0 Å². The normalized spacial score (nSPS) is 21.4. The van der Waals surface area contributed by atoms with Gasteiger partial charge >= 0.3 is 6.03 Å². The molecular formula is C15H23N3OS. The lowest BCUT2D eigenvalue weighted by Crippen LogP contribution is -2.45. The van der Waals surface area contributed by atoms with Crippen molar-refractivity contribution in [3.8, 4) is 0 Å². The van der Waals surface area contributed by atoms with E-state index in [1.807, 2.05) is 18.9 Å². The highest BCUT2D eigenvalue weighted by Crippen LogP contribution is 2.42. The van der Waals surface area contributed by atoms with Crippen molar-refractivity contribution < 1.29 is 4.79 Å². The first kappa shape index (κ1) is 13.9. The molecule has 0 saturated heterocycles. The number of hydrogen-bond donors (Lipinski definition) is 1. The Morgan fingerprint density at radius 1 is 1.40 bits per heavy atom. The van der Waals surface area contributed by atoms with Crippen LogP contribution in [0.2, 0.25) is 0 Å². The topological polar surface area (TPSA) is 45.2 Å². The summed E-state index contributed by atoms with van der Waals surface area (Å²) in [5.74, 6) is 1.28. The van der Waals surface area contributed by atoms with Gasteiger partial charge in [0.05, 0.1) is 6.04 Å². The van der Waals surface area contributed by atoms with E-state index in [1.54, 1.807) is 11.3 Å². The summed E-state index contributed by atoms with van der Waals surface area (Å²) in [7, 11) is 1.91. The van der Waals surface area contributed by atoms with Crippen molar-refractivity contribution in [2.45, 2.75) is 51.6 Å². The van der Waals surface area contributed by atoms with Crippen molar-refractivity contribution in [3.05, 3.63) is 16.1 Å². The molecule has 2 fully saturated rings. The van der Waals surface area contributed by atoms with E-state index in [9.17, 15) is 4.79 Å². The fourth-order valence-corrected chi connectivity index (χ4v) is 3.58. The van der Waals surface area contributed by atoms with Gasteiger partial charge in [-0.05, 0) is 51.4 Å². The van der Waals surface area contributed by atoms with Gasteiger partial charge in [-0.3, -0.25) is 0 Å². The largest absolute Gasteiger partial charge is 0.328 e. The molecule has 2 saturated carbocycles. The summed E-state index contributed by atoms with van der Waals surface area (Å²) in [5.41, 5.74) is 1.05. The van der Waals surface area contributed by atoms with Gasteiger partial charge < -0.3 is 10.2 Å². The van der Waals surface area contributed by atoms with Crippen molar-refractivity contribution in [3.63, 3.8) is 0 Å². The first-order valence-electron chi connectivity index (χ1n) is 7.51. The van der Waals surface area contributed by atoms with E-state index >= 15 is 0 Å². The molecule has 0 bridgehead atoms. The molecule has 20 heavy (non-hydrogen) atoms. The summed E-state index contributed by atoms with van der Waals surface area (Å²) < 4.78 is 0. The van der Waals surface area contributed by atoms with E-state index in [1.165, 1.54) is 25.7 Å². The van der Waals surface area contributed by atoms with Crippen LogP contribution in [0.1, 0.15) is 49.4 Å². The third-order valence-corrected chi connectivity index (χ3v) is 5.56. The molecule has 2 aliphatic carbocycles. The molecule has 0 aromatic carbocycles. The maximum Gasteiger partial charge on any atom is 0.317 e. The van der Waals surface area contributed by atoms with Crippen molar-refractivity contribution in [2.75, 3.05) is 7.05 Å². The van der Waals surface area contributed by atoms with Crippen LogP contribution in [0.3, 0.4) is 0 Å². The molecule has 2 unspecified atom stereocenters. The molecule has 0 aliphatic heterocycles. The second-order valence-electron chi connectivity index (χ2n) is 6.28. The Kier molecular flexibility index (Phi) is 3.71. The molecule has 2 amide bonds. The first-order valence-corrected chi connectivity index (χ1v) is 8.39. The summed E-state index contributed by atoms with van der Waals surface area (Å²) in [6, 6.07) is 0.497. The van der Waals surface area contributed by atoms with Gasteiger partial charge in [0.25, 0.3) is 0 Å². The molecule has 2 atom stereocenters. The lowest BCUT2D eigenvalue weighted by Gasteiger charge is -2.27. The molecule has 4 nitrogen and oxygen atoms in total. The minimum atomic E-state index is 0.0501. The van der Waals surface area contributed by atoms with E-state index in [-0.39, 0.29) is 12.1 Å². The van der Waals surface area contributed by atoms with Crippen LogP contribution in [0.15, 0.2) is 5.38 Å². The Bertz CT molecular complexity index is 493. The quantitative estimate of drug-likeness (QED) is 0.905. The Balaban J connectivity index is 1.65. The van der Waals surface area contributed by atoms with E-state index < -0.39 is 0 Å². The zero-order valence-electron chi connectivity index (χ0n) is 12.4. The zero-order valence-corrected chi connectivity index (χ0v) is 13.2. The predicted octanol–water partition coefficient (Wildman–Crippen LogP) is 3.34. The molecule has 1 N–H and O–H groups in total. The Labute approximate surface area is 124 Å². The summed E-state index contributed by atoms with van der Waals surface area (Å²) in [6.45, 7) is 4.16. The number of carbonyl (C=O) groups excluding carboxylic acids is 1. The van der Waals surface area contributed by atoms with Gasteiger partial charge in [-0.15, -0.1) is 11.3 Å². The minimum Gasteiger partial charge on any atom is -0.328 e. The van der Waals surface area contributed by atoms with Crippen molar-refractivity contribution in [1.82, 2.24) is 15.2 Å². The second kappa shape index (κ2) is 5.35. The summed E-state index contributed by atoms with van der Waals surface area (Å²) in [6.07, 6.45) is 4.92. The van der Waals surface area contributed by atoms with Gasteiger partial charge in [0.15, 0.2) is 0 Å². The molecule has 5 heteroatoms. The van der Waals surface area contributed by atoms with Crippen LogP contribution >= 0.6 is 11.3 Å². The van der Waals surface area contributed by atoms with E-state index in [0.29, 0.717) is 17.9 Å². The number of thiazole rings is 1. The fraction of sp³-hybridized carbons (Fsp3) is 0.733. The molecule has 0 radical (unpaired) electrons. The van der Waals surface area contributed by atoms with Crippen LogP contribution in [0, 0.1) is 18.8 Å². The molecule has 1 aromatic heterocycles. The molecule has 110 valence electrons. The predicted molar refractivity (Wildman–Crippen MR) is 80.8 cm³/mol. The van der Waals surface area contributed by atoms with Crippen LogP contribution in [0.4, 0.5) is 4.79 Å². The number of carbonyl (C=O) groups is 1. The molecule has 2 aliphatic rings. The van der Waals surface area contributed by atoms with Gasteiger partial charge in [-0.25, -0.2) is 9.78 Å². The molecule has 0 spiro atoms. The van der Waals surface area contributed by atoms with Crippen LogP contribution in [-0.2, 0) is 0 Å². The first-order chi connectivity index (χ1) is 9.56. The summed E-state index contributed by atoms with van der Waals surface area (Å²) >= 11 is 1.66. The number of rotatable bonds is 5.